The number of aliphatic hydroxyl groups is 2. The highest BCUT2D eigenvalue weighted by atomic mass is 16.9. The molecule has 6 saturated heterocycles. The van der Waals surface area contributed by atoms with E-state index in [-0.39, 0.29) is 11.8 Å². The van der Waals surface area contributed by atoms with Crippen LogP contribution >= 0.6 is 0 Å². The van der Waals surface area contributed by atoms with Crippen LogP contribution in [0.3, 0.4) is 0 Å². The Hall–Kier alpha value is -1.60. The summed E-state index contributed by atoms with van der Waals surface area (Å²) in [7, 11) is 0. The summed E-state index contributed by atoms with van der Waals surface area (Å²) < 4.78 is 46.5. The molecule has 3 spiro atoms. The van der Waals surface area contributed by atoms with Gasteiger partial charge in [-0.25, -0.2) is 4.79 Å². The third-order valence-corrected chi connectivity index (χ3v) is 12.6. The number of fused-ring (bicyclic) bond motifs is 3. The van der Waals surface area contributed by atoms with Gasteiger partial charge >= 0.3 is 11.9 Å². The van der Waals surface area contributed by atoms with Crippen LogP contribution in [0, 0.1) is 29.6 Å². The van der Waals surface area contributed by atoms with E-state index in [1.807, 2.05) is 13.8 Å². The van der Waals surface area contributed by atoms with E-state index in [2.05, 4.69) is 13.5 Å². The molecule has 0 unspecified atom stereocenters. The highest BCUT2D eigenvalue weighted by Gasteiger charge is 2.95. The van der Waals surface area contributed by atoms with Crippen LogP contribution in [0.4, 0.5) is 0 Å². The molecule has 0 aromatic heterocycles. The lowest BCUT2D eigenvalue weighted by molar-refractivity contribution is -0.436. The van der Waals surface area contributed by atoms with Crippen molar-refractivity contribution in [2.45, 2.75) is 138 Å². The SMILES string of the molecule is C=C(C)[C@@]12O[C@@]34CCCCCCC[C@@H](C)[C@@H]5[C@@H]6[C@]7(O[C@]5(C)OC7=O)[C@H](O)[C@@]5(CO)O[C@H]5[C@@H]([C@H]1O3)[C@]6(O4)[C@H](C)[C@H]2OC(C)=O. The molecule has 8 rings (SSSR count). The Kier molecular flexibility index (Phi) is 5.77. The molecule has 11 heteroatoms. The maximum atomic E-state index is 14.2. The monoisotopic (exact) mass is 604 g/mol. The van der Waals surface area contributed by atoms with E-state index in [4.69, 9.17) is 33.2 Å². The number of hydrogen-bond acceptors (Lipinski definition) is 11. The average molecular weight is 605 g/mol. The number of esters is 2. The third kappa shape index (κ3) is 3.07. The number of rotatable bonds is 3. The molecule has 0 aromatic carbocycles. The minimum Gasteiger partial charge on any atom is -0.459 e. The summed E-state index contributed by atoms with van der Waals surface area (Å²) in [5, 5.41) is 23.2. The van der Waals surface area contributed by atoms with Crippen molar-refractivity contribution in [3.63, 3.8) is 0 Å². The Labute approximate surface area is 251 Å². The minimum atomic E-state index is -1.89. The summed E-state index contributed by atoms with van der Waals surface area (Å²) in [6.45, 7) is 12.9. The highest BCUT2D eigenvalue weighted by molar-refractivity contribution is 5.86. The van der Waals surface area contributed by atoms with E-state index in [1.165, 1.54) is 6.92 Å². The van der Waals surface area contributed by atoms with Crippen molar-refractivity contribution in [1.82, 2.24) is 0 Å². The molecule has 0 aromatic rings. The molecular formula is C32H44O11. The number of hydrogen-bond donors (Lipinski definition) is 2. The topological polar surface area (TPSA) is 143 Å². The van der Waals surface area contributed by atoms with Crippen molar-refractivity contribution in [1.29, 1.82) is 0 Å². The van der Waals surface area contributed by atoms with Crippen LogP contribution in [0.2, 0.25) is 0 Å². The molecule has 15 atom stereocenters. The molecule has 0 amide bonds. The minimum absolute atomic E-state index is 0.0153. The van der Waals surface area contributed by atoms with E-state index in [0.29, 0.717) is 12.0 Å². The Bertz CT molecular complexity index is 1290. The second-order valence-corrected chi connectivity index (χ2v) is 14.8. The standard InChI is InChI=1S/C32H44O11/c1-15(2)30-22(37-18(5)34)17(4)31-20-23-28(14-33,38-23)25(35)32-21(31)19(27(6,41-32)40-26(32)36)16(3)12-10-8-7-9-11-13-29(42-30,43-31)39-24(20)30/h16-17,19-25,33,35H,1,7-14H2,2-6H3/t16-,17-,19-,20+,21+,22-,23+,24-,25-,27+,28+,29-,30+,31-,32+/m1/s1. The third-order valence-electron chi connectivity index (χ3n) is 12.6. The molecule has 2 saturated carbocycles. The lowest BCUT2D eigenvalue weighted by Gasteiger charge is -2.63. The van der Waals surface area contributed by atoms with E-state index in [1.54, 1.807) is 6.92 Å². The molecule has 6 heterocycles. The van der Waals surface area contributed by atoms with Gasteiger partial charge in [0.05, 0.1) is 12.2 Å². The van der Waals surface area contributed by atoms with Gasteiger partial charge in [-0.15, -0.1) is 0 Å². The van der Waals surface area contributed by atoms with E-state index in [9.17, 15) is 19.8 Å². The molecular weight excluding hydrogens is 560 g/mol. The van der Waals surface area contributed by atoms with E-state index in [0.717, 1.165) is 38.5 Å². The molecule has 11 nitrogen and oxygen atoms in total. The fourth-order valence-corrected chi connectivity index (χ4v) is 11.1. The van der Waals surface area contributed by atoms with Crippen LogP contribution in [0.25, 0.3) is 0 Å². The highest BCUT2D eigenvalue weighted by Crippen LogP contribution is 2.77. The van der Waals surface area contributed by atoms with E-state index >= 15 is 0 Å². The summed E-state index contributed by atoms with van der Waals surface area (Å²) in [6, 6.07) is 0. The zero-order valence-corrected chi connectivity index (χ0v) is 25.6. The predicted molar refractivity (Wildman–Crippen MR) is 146 cm³/mol. The van der Waals surface area contributed by atoms with Crippen LogP contribution in [-0.4, -0.2) is 87.3 Å². The zero-order valence-electron chi connectivity index (χ0n) is 25.6. The summed E-state index contributed by atoms with van der Waals surface area (Å²) in [6.07, 6.45) is 2.20. The summed E-state index contributed by atoms with van der Waals surface area (Å²) in [4.78, 5) is 26.9. The fraction of sp³-hybridized carbons (Fsp3) is 0.875. The molecule has 0 radical (unpaired) electrons. The van der Waals surface area contributed by atoms with Crippen LogP contribution in [0.15, 0.2) is 12.2 Å². The second-order valence-electron chi connectivity index (χ2n) is 14.8. The van der Waals surface area contributed by atoms with Crippen molar-refractivity contribution in [3.05, 3.63) is 12.2 Å². The van der Waals surface area contributed by atoms with Gasteiger partial charge in [0, 0.05) is 43.9 Å². The molecule has 43 heavy (non-hydrogen) atoms. The first-order valence-corrected chi connectivity index (χ1v) is 16.1. The largest absolute Gasteiger partial charge is 0.459 e. The van der Waals surface area contributed by atoms with Gasteiger partial charge in [-0.2, -0.15) is 0 Å². The Morgan fingerprint density at radius 3 is 2.44 bits per heavy atom. The maximum Gasteiger partial charge on any atom is 0.344 e. The molecule has 8 aliphatic rings. The van der Waals surface area contributed by atoms with Gasteiger partial charge in [-0.3, -0.25) is 4.79 Å². The van der Waals surface area contributed by atoms with E-state index < -0.39 is 94.9 Å². The number of epoxide rings is 1. The van der Waals surface area contributed by atoms with Crippen molar-refractivity contribution < 1.29 is 53.0 Å². The van der Waals surface area contributed by atoms with Crippen LogP contribution in [0.1, 0.15) is 79.6 Å². The number of carbonyl (C=O) groups is 2. The quantitative estimate of drug-likeness (QED) is 0.279. The van der Waals surface area contributed by atoms with Crippen LogP contribution < -0.4 is 0 Å². The van der Waals surface area contributed by atoms with Gasteiger partial charge in [0.25, 0.3) is 5.97 Å². The van der Waals surface area contributed by atoms with Gasteiger partial charge in [-0.05, 0) is 24.8 Å². The first kappa shape index (κ1) is 28.8. The number of ether oxygens (including phenoxy) is 7. The number of carbonyl (C=O) groups excluding carboxylic acids is 2. The van der Waals surface area contributed by atoms with Crippen molar-refractivity contribution in [2.75, 3.05) is 6.61 Å². The van der Waals surface area contributed by atoms with Gasteiger partial charge in [-0.1, -0.05) is 52.5 Å². The normalized spacial score (nSPS) is 59.2. The van der Waals surface area contributed by atoms with Gasteiger partial charge in [0.1, 0.15) is 30.0 Å². The Morgan fingerprint density at radius 1 is 1.02 bits per heavy atom. The first-order valence-electron chi connectivity index (χ1n) is 16.1. The molecule has 8 fully saturated rings. The molecule has 238 valence electrons. The van der Waals surface area contributed by atoms with Crippen molar-refractivity contribution in [2.24, 2.45) is 29.6 Å². The molecule has 5 bridgehead atoms. The summed E-state index contributed by atoms with van der Waals surface area (Å²) in [5.74, 6) is -6.35. The van der Waals surface area contributed by atoms with Crippen LogP contribution in [0.5, 0.6) is 0 Å². The first-order chi connectivity index (χ1) is 20.3. The average Bonchev–Trinajstić information content (AvgIpc) is 3.43. The van der Waals surface area contributed by atoms with Crippen LogP contribution in [-0.2, 0) is 42.7 Å². The summed E-state index contributed by atoms with van der Waals surface area (Å²) in [5.41, 5.74) is -5.36. The predicted octanol–water partition coefficient (Wildman–Crippen LogP) is 2.50. The van der Waals surface area contributed by atoms with Crippen molar-refractivity contribution >= 4 is 11.9 Å². The fourth-order valence-electron chi connectivity index (χ4n) is 11.1. The smallest absolute Gasteiger partial charge is 0.344 e. The Morgan fingerprint density at radius 2 is 1.74 bits per heavy atom. The van der Waals surface area contributed by atoms with Gasteiger partial charge < -0.3 is 43.4 Å². The van der Waals surface area contributed by atoms with Gasteiger partial charge in [0.2, 0.25) is 11.4 Å². The second kappa shape index (κ2) is 8.60. The molecule has 6 aliphatic heterocycles. The maximum absolute atomic E-state index is 14.2. The van der Waals surface area contributed by atoms with Gasteiger partial charge in [0.15, 0.2) is 5.60 Å². The van der Waals surface area contributed by atoms with Crippen molar-refractivity contribution in [3.8, 4) is 0 Å². The Balaban J connectivity index is 1.45. The lowest BCUT2D eigenvalue weighted by Crippen LogP contribution is -2.78. The molecule has 2 N–H and O–H groups in total. The molecule has 2 aliphatic carbocycles. The zero-order chi connectivity index (χ0) is 30.5. The summed E-state index contributed by atoms with van der Waals surface area (Å²) >= 11 is 0. The number of aliphatic hydroxyl groups excluding tert-OH is 2. The lowest BCUT2D eigenvalue weighted by atomic mass is 9.49.